The van der Waals surface area contributed by atoms with Gasteiger partial charge in [-0.15, -0.1) is 11.6 Å². The van der Waals surface area contributed by atoms with Crippen LogP contribution in [-0.2, 0) is 0 Å². The molecule has 19 heavy (non-hydrogen) atoms. The van der Waals surface area contributed by atoms with Crippen LogP contribution < -0.4 is 5.32 Å². The number of rotatable bonds is 4. The summed E-state index contributed by atoms with van der Waals surface area (Å²) in [4.78, 5) is 0. The molecule has 0 spiro atoms. The molecule has 0 aromatic heterocycles. The normalized spacial score (nSPS) is 18.0. The Balaban J connectivity index is 0.000000224. The largest absolute Gasteiger partial charge is 0.310 e. The van der Waals surface area contributed by atoms with Crippen LogP contribution in [0.2, 0.25) is 0 Å². The van der Waals surface area contributed by atoms with Crippen LogP contribution in [0.3, 0.4) is 0 Å². The topological polar surface area (TPSA) is 35.8 Å². The Morgan fingerprint density at radius 1 is 1.21 bits per heavy atom. The Morgan fingerprint density at radius 3 is 2.58 bits per heavy atom. The van der Waals surface area contributed by atoms with E-state index in [4.69, 9.17) is 16.9 Å². The van der Waals surface area contributed by atoms with Crippen LogP contribution in [0.4, 0.5) is 0 Å². The third kappa shape index (κ3) is 7.20. The Kier molecular flexibility index (Phi) is 9.14. The summed E-state index contributed by atoms with van der Waals surface area (Å²) in [5, 5.41) is 11.5. The molecule has 1 saturated heterocycles. The highest BCUT2D eigenvalue weighted by Crippen LogP contribution is 2.21. The molecule has 1 unspecified atom stereocenters. The van der Waals surface area contributed by atoms with Crippen molar-refractivity contribution < 1.29 is 0 Å². The van der Waals surface area contributed by atoms with Gasteiger partial charge in [0.25, 0.3) is 0 Å². The van der Waals surface area contributed by atoms with Crippen LogP contribution in [0.5, 0.6) is 0 Å². The summed E-state index contributed by atoms with van der Waals surface area (Å²) in [6, 6.07) is 13.4. The molecule has 2 rings (SSSR count). The first kappa shape index (κ1) is 16.0. The van der Waals surface area contributed by atoms with E-state index in [2.05, 4.69) is 35.6 Å². The molecule has 1 atom stereocenters. The quantitative estimate of drug-likeness (QED) is 0.654. The van der Waals surface area contributed by atoms with Gasteiger partial charge in [-0.05, 0) is 37.8 Å². The highest BCUT2D eigenvalue weighted by Gasteiger charge is 2.13. The lowest BCUT2D eigenvalue weighted by Crippen LogP contribution is -2.26. The van der Waals surface area contributed by atoms with Crippen molar-refractivity contribution in [3.63, 3.8) is 0 Å². The van der Waals surface area contributed by atoms with Crippen LogP contribution in [0, 0.1) is 11.3 Å². The lowest BCUT2D eigenvalue weighted by molar-refractivity contribution is 0.412. The average molecular weight is 279 g/mol. The second-order valence-electron chi connectivity index (χ2n) is 4.72. The third-order valence-corrected chi connectivity index (χ3v) is 3.45. The summed E-state index contributed by atoms with van der Waals surface area (Å²) in [6.07, 6.45) is 6.56. The van der Waals surface area contributed by atoms with Crippen molar-refractivity contribution in [1.82, 2.24) is 5.32 Å². The molecule has 1 aliphatic heterocycles. The molecular weight excluding hydrogens is 256 g/mol. The SMILES string of the molecule is N#CCCCCCl.c1ccc(C2CCCCN2)cc1. The fourth-order valence-electron chi connectivity index (χ4n) is 2.12. The summed E-state index contributed by atoms with van der Waals surface area (Å²) in [7, 11) is 0. The van der Waals surface area contributed by atoms with Crippen molar-refractivity contribution in [2.75, 3.05) is 12.4 Å². The summed E-state index contributed by atoms with van der Waals surface area (Å²) in [5.41, 5.74) is 1.44. The number of nitrogens with zero attached hydrogens (tertiary/aromatic N) is 1. The molecule has 1 heterocycles. The van der Waals surface area contributed by atoms with Crippen LogP contribution in [0.1, 0.15) is 50.1 Å². The molecule has 0 radical (unpaired) electrons. The predicted molar refractivity (Wildman–Crippen MR) is 81.2 cm³/mol. The molecule has 0 amide bonds. The Labute approximate surface area is 121 Å². The number of halogens is 1. The number of piperidine rings is 1. The molecule has 1 aromatic carbocycles. The fraction of sp³-hybridized carbons (Fsp3) is 0.562. The minimum atomic E-state index is 0.611. The summed E-state index contributed by atoms with van der Waals surface area (Å²) in [6.45, 7) is 1.18. The molecule has 0 bridgehead atoms. The van der Waals surface area contributed by atoms with Gasteiger partial charge >= 0.3 is 0 Å². The predicted octanol–water partition coefficient (Wildman–Crippen LogP) is 4.42. The maximum absolute atomic E-state index is 8.00. The average Bonchev–Trinajstić information content (AvgIpc) is 2.50. The van der Waals surface area contributed by atoms with Crippen molar-refractivity contribution in [2.24, 2.45) is 0 Å². The second kappa shape index (κ2) is 10.8. The zero-order chi connectivity index (χ0) is 13.8. The van der Waals surface area contributed by atoms with Gasteiger partial charge in [-0.25, -0.2) is 0 Å². The van der Waals surface area contributed by atoms with Gasteiger partial charge in [0.2, 0.25) is 0 Å². The highest BCUT2D eigenvalue weighted by molar-refractivity contribution is 6.17. The number of benzene rings is 1. The number of alkyl halides is 1. The van der Waals surface area contributed by atoms with Gasteiger partial charge in [0.15, 0.2) is 0 Å². The van der Waals surface area contributed by atoms with Gasteiger partial charge in [0.05, 0.1) is 6.07 Å². The van der Waals surface area contributed by atoms with Gasteiger partial charge in [-0.3, -0.25) is 0 Å². The maximum Gasteiger partial charge on any atom is 0.0621 e. The van der Waals surface area contributed by atoms with Crippen molar-refractivity contribution in [2.45, 2.75) is 44.6 Å². The van der Waals surface area contributed by atoms with E-state index in [1.807, 2.05) is 6.07 Å². The molecule has 0 aliphatic carbocycles. The monoisotopic (exact) mass is 278 g/mol. The molecule has 1 N–H and O–H groups in total. The van der Waals surface area contributed by atoms with E-state index >= 15 is 0 Å². The van der Waals surface area contributed by atoms with Gasteiger partial charge < -0.3 is 5.32 Å². The minimum absolute atomic E-state index is 0.611. The first-order valence-corrected chi connectivity index (χ1v) is 7.63. The van der Waals surface area contributed by atoms with E-state index in [0.717, 1.165) is 12.8 Å². The number of hydrogen-bond acceptors (Lipinski definition) is 2. The first-order chi connectivity index (χ1) is 9.38. The van der Waals surface area contributed by atoms with Gasteiger partial charge in [0.1, 0.15) is 0 Å². The van der Waals surface area contributed by atoms with Crippen molar-refractivity contribution in [1.29, 1.82) is 5.26 Å². The lowest BCUT2D eigenvalue weighted by Gasteiger charge is -2.23. The van der Waals surface area contributed by atoms with E-state index in [9.17, 15) is 0 Å². The smallest absolute Gasteiger partial charge is 0.0621 e. The van der Waals surface area contributed by atoms with Crippen LogP contribution in [-0.4, -0.2) is 12.4 Å². The van der Waals surface area contributed by atoms with E-state index in [-0.39, 0.29) is 0 Å². The van der Waals surface area contributed by atoms with Crippen LogP contribution in [0.15, 0.2) is 30.3 Å². The molecule has 0 saturated carbocycles. The number of nitrogens with one attached hydrogen (secondary N) is 1. The van der Waals surface area contributed by atoms with Crippen LogP contribution in [0.25, 0.3) is 0 Å². The molecule has 1 aliphatic rings. The van der Waals surface area contributed by atoms with E-state index < -0.39 is 0 Å². The lowest BCUT2D eigenvalue weighted by atomic mass is 9.98. The molecule has 104 valence electrons. The minimum Gasteiger partial charge on any atom is -0.310 e. The molecule has 3 heteroatoms. The number of unbranched alkanes of at least 4 members (excludes halogenated alkanes) is 2. The van der Waals surface area contributed by atoms with Crippen molar-refractivity contribution in [3.8, 4) is 6.07 Å². The number of nitriles is 1. The maximum atomic E-state index is 8.00. The Morgan fingerprint density at radius 2 is 2.00 bits per heavy atom. The van der Waals surface area contributed by atoms with Crippen LogP contribution >= 0.6 is 11.6 Å². The second-order valence-corrected chi connectivity index (χ2v) is 5.10. The Hall–Kier alpha value is -1.04. The van der Waals surface area contributed by atoms with Gasteiger partial charge in [0, 0.05) is 18.3 Å². The standard InChI is InChI=1S/C11H15N.C5H8ClN/c1-2-6-10(7-3-1)11-8-4-5-9-12-11;6-4-2-1-3-5-7/h1-3,6-7,11-12H,4-5,8-9H2;1-4H2. The summed E-state index contributed by atoms with van der Waals surface area (Å²) < 4.78 is 0. The van der Waals surface area contributed by atoms with Crippen molar-refractivity contribution >= 4 is 11.6 Å². The molecule has 1 aromatic rings. The first-order valence-electron chi connectivity index (χ1n) is 7.09. The zero-order valence-electron chi connectivity index (χ0n) is 11.4. The fourth-order valence-corrected chi connectivity index (χ4v) is 2.31. The van der Waals surface area contributed by atoms with Gasteiger partial charge in [-0.1, -0.05) is 36.8 Å². The Bertz CT molecular complexity index is 353. The van der Waals surface area contributed by atoms with E-state index in [0.29, 0.717) is 18.3 Å². The molecule has 2 nitrogen and oxygen atoms in total. The third-order valence-electron chi connectivity index (χ3n) is 3.18. The van der Waals surface area contributed by atoms with Gasteiger partial charge in [-0.2, -0.15) is 5.26 Å². The number of hydrogen-bond donors (Lipinski definition) is 1. The van der Waals surface area contributed by atoms with E-state index in [1.165, 1.54) is 31.4 Å². The summed E-state index contributed by atoms with van der Waals surface area (Å²) >= 11 is 5.33. The molecule has 1 fully saturated rings. The summed E-state index contributed by atoms with van der Waals surface area (Å²) in [5.74, 6) is 0.682. The van der Waals surface area contributed by atoms with Crippen molar-refractivity contribution in [3.05, 3.63) is 35.9 Å². The highest BCUT2D eigenvalue weighted by atomic mass is 35.5. The van der Waals surface area contributed by atoms with E-state index in [1.54, 1.807) is 0 Å². The molecular formula is C16H23ClN2. The zero-order valence-corrected chi connectivity index (χ0v) is 12.2.